The molecule has 4 nitrogen and oxygen atoms in total. The number of nitrogens with two attached hydrogens (primary N) is 1. The van der Waals surface area contributed by atoms with E-state index in [9.17, 15) is 0 Å². The van der Waals surface area contributed by atoms with Crippen molar-refractivity contribution in [3.63, 3.8) is 0 Å². The van der Waals surface area contributed by atoms with E-state index in [1.54, 1.807) is 7.11 Å². The SMILES string of the molecule is CCCN=C(N)NCCCCOC. The summed E-state index contributed by atoms with van der Waals surface area (Å²) >= 11 is 0. The first kappa shape index (κ1) is 12.2. The van der Waals surface area contributed by atoms with Gasteiger partial charge in [0.2, 0.25) is 0 Å². The first-order valence-electron chi connectivity index (χ1n) is 4.84. The fraction of sp³-hybridized carbons (Fsp3) is 0.889. The maximum Gasteiger partial charge on any atom is 0.188 e. The van der Waals surface area contributed by atoms with Crippen molar-refractivity contribution in [3.8, 4) is 0 Å². The standard InChI is InChI=1S/C9H21N3O/c1-3-6-11-9(10)12-7-4-5-8-13-2/h3-8H2,1-2H3,(H3,10,11,12). The normalized spacial score (nSPS) is 11.7. The van der Waals surface area contributed by atoms with E-state index in [1.165, 1.54) is 0 Å². The number of aliphatic imine (C=N–C) groups is 1. The second kappa shape index (κ2) is 9.32. The van der Waals surface area contributed by atoms with Gasteiger partial charge in [-0.15, -0.1) is 0 Å². The van der Waals surface area contributed by atoms with Crippen molar-refractivity contribution in [2.45, 2.75) is 26.2 Å². The van der Waals surface area contributed by atoms with Crippen LogP contribution in [0.15, 0.2) is 4.99 Å². The molecule has 0 saturated carbocycles. The fourth-order valence-corrected chi connectivity index (χ4v) is 0.876. The molecule has 0 saturated heterocycles. The Hall–Kier alpha value is -0.770. The van der Waals surface area contributed by atoms with Gasteiger partial charge >= 0.3 is 0 Å². The lowest BCUT2D eigenvalue weighted by Crippen LogP contribution is -2.32. The zero-order valence-electron chi connectivity index (χ0n) is 8.68. The number of hydrogen-bond acceptors (Lipinski definition) is 2. The Kier molecular flexibility index (Phi) is 8.77. The minimum atomic E-state index is 0.555. The lowest BCUT2D eigenvalue weighted by atomic mass is 10.3. The molecule has 4 heteroatoms. The molecule has 0 aromatic rings. The molecule has 0 amide bonds. The van der Waals surface area contributed by atoms with Crippen LogP contribution in [-0.4, -0.2) is 32.8 Å². The van der Waals surface area contributed by atoms with E-state index >= 15 is 0 Å². The van der Waals surface area contributed by atoms with Gasteiger partial charge < -0.3 is 15.8 Å². The predicted molar refractivity (Wildman–Crippen MR) is 55.9 cm³/mol. The zero-order valence-corrected chi connectivity index (χ0v) is 8.68. The molecule has 13 heavy (non-hydrogen) atoms. The van der Waals surface area contributed by atoms with Gasteiger partial charge in [-0.25, -0.2) is 0 Å². The van der Waals surface area contributed by atoms with Crippen LogP contribution in [0.5, 0.6) is 0 Å². The first-order chi connectivity index (χ1) is 6.31. The molecule has 3 N–H and O–H groups in total. The van der Waals surface area contributed by atoms with Crippen LogP contribution in [0.1, 0.15) is 26.2 Å². The van der Waals surface area contributed by atoms with E-state index in [-0.39, 0.29) is 0 Å². The highest BCUT2D eigenvalue weighted by Gasteiger charge is 1.90. The highest BCUT2D eigenvalue weighted by atomic mass is 16.5. The summed E-state index contributed by atoms with van der Waals surface area (Å²) in [5, 5.41) is 3.05. The molecule has 0 unspecified atom stereocenters. The third kappa shape index (κ3) is 9.14. The van der Waals surface area contributed by atoms with E-state index < -0.39 is 0 Å². The zero-order chi connectivity index (χ0) is 9.94. The largest absolute Gasteiger partial charge is 0.385 e. The van der Waals surface area contributed by atoms with Crippen molar-refractivity contribution in [1.29, 1.82) is 0 Å². The summed E-state index contributed by atoms with van der Waals surface area (Å²) < 4.78 is 4.92. The minimum Gasteiger partial charge on any atom is -0.385 e. The van der Waals surface area contributed by atoms with Crippen LogP contribution >= 0.6 is 0 Å². The van der Waals surface area contributed by atoms with Crippen molar-refractivity contribution in [2.24, 2.45) is 10.7 Å². The summed E-state index contributed by atoms with van der Waals surface area (Å²) in [5.41, 5.74) is 5.58. The van der Waals surface area contributed by atoms with Gasteiger partial charge in [0.05, 0.1) is 0 Å². The van der Waals surface area contributed by atoms with Crippen molar-refractivity contribution < 1.29 is 4.74 Å². The van der Waals surface area contributed by atoms with E-state index in [0.29, 0.717) is 5.96 Å². The minimum absolute atomic E-state index is 0.555. The highest BCUT2D eigenvalue weighted by molar-refractivity contribution is 5.77. The van der Waals surface area contributed by atoms with Gasteiger partial charge in [0.1, 0.15) is 0 Å². The lowest BCUT2D eigenvalue weighted by Gasteiger charge is -2.04. The van der Waals surface area contributed by atoms with Gasteiger partial charge in [0.15, 0.2) is 5.96 Å². The Morgan fingerprint density at radius 1 is 1.46 bits per heavy atom. The van der Waals surface area contributed by atoms with Crippen LogP contribution in [0.2, 0.25) is 0 Å². The quantitative estimate of drug-likeness (QED) is 0.351. The molecule has 0 spiro atoms. The summed E-state index contributed by atoms with van der Waals surface area (Å²) in [5.74, 6) is 0.555. The van der Waals surface area contributed by atoms with Crippen LogP contribution < -0.4 is 11.1 Å². The summed E-state index contributed by atoms with van der Waals surface area (Å²) in [6.07, 6.45) is 3.16. The smallest absolute Gasteiger partial charge is 0.188 e. The van der Waals surface area contributed by atoms with Crippen LogP contribution in [0.25, 0.3) is 0 Å². The van der Waals surface area contributed by atoms with Crippen molar-refractivity contribution in [2.75, 3.05) is 26.8 Å². The molecular weight excluding hydrogens is 166 g/mol. The first-order valence-corrected chi connectivity index (χ1v) is 4.84. The van der Waals surface area contributed by atoms with E-state index in [4.69, 9.17) is 10.5 Å². The summed E-state index contributed by atoms with van der Waals surface area (Å²) in [6.45, 7) is 4.57. The predicted octanol–water partition coefficient (Wildman–Crippen LogP) is 0.727. The number of ether oxygens (including phenoxy) is 1. The maximum atomic E-state index is 5.58. The van der Waals surface area contributed by atoms with E-state index in [2.05, 4.69) is 17.2 Å². The number of rotatable bonds is 7. The average molecular weight is 187 g/mol. The van der Waals surface area contributed by atoms with Crippen molar-refractivity contribution >= 4 is 5.96 Å². The Balaban J connectivity index is 3.21. The van der Waals surface area contributed by atoms with Gasteiger partial charge in [0, 0.05) is 26.8 Å². The number of methoxy groups -OCH3 is 1. The van der Waals surface area contributed by atoms with Crippen LogP contribution in [0.3, 0.4) is 0 Å². The van der Waals surface area contributed by atoms with Gasteiger partial charge in [0.25, 0.3) is 0 Å². The third-order valence-corrected chi connectivity index (χ3v) is 1.59. The van der Waals surface area contributed by atoms with Crippen LogP contribution in [0.4, 0.5) is 0 Å². The number of guanidine groups is 1. The number of nitrogens with one attached hydrogen (secondary N) is 1. The highest BCUT2D eigenvalue weighted by Crippen LogP contribution is 1.86. The molecule has 0 atom stereocenters. The molecule has 0 bridgehead atoms. The summed E-state index contributed by atoms with van der Waals surface area (Å²) in [4.78, 5) is 4.11. The van der Waals surface area contributed by atoms with Gasteiger partial charge in [-0.3, -0.25) is 4.99 Å². The van der Waals surface area contributed by atoms with Crippen LogP contribution in [-0.2, 0) is 4.74 Å². The van der Waals surface area contributed by atoms with E-state index in [0.717, 1.165) is 39.0 Å². The van der Waals surface area contributed by atoms with Crippen molar-refractivity contribution in [3.05, 3.63) is 0 Å². The molecule has 0 aromatic carbocycles. The fourth-order valence-electron chi connectivity index (χ4n) is 0.876. The third-order valence-electron chi connectivity index (χ3n) is 1.59. The summed E-state index contributed by atoms with van der Waals surface area (Å²) in [6, 6.07) is 0. The van der Waals surface area contributed by atoms with Gasteiger partial charge in [-0.05, 0) is 19.3 Å². The molecule has 0 rings (SSSR count). The molecule has 0 fully saturated rings. The number of unbranched alkanes of at least 4 members (excludes halogenated alkanes) is 1. The topological polar surface area (TPSA) is 59.6 Å². The average Bonchev–Trinajstić information content (AvgIpc) is 2.14. The van der Waals surface area contributed by atoms with E-state index in [1.807, 2.05) is 0 Å². The molecule has 0 aliphatic carbocycles. The Morgan fingerprint density at radius 3 is 2.85 bits per heavy atom. The number of hydrogen-bond donors (Lipinski definition) is 2. The number of nitrogens with zero attached hydrogens (tertiary/aromatic N) is 1. The monoisotopic (exact) mass is 187 g/mol. The van der Waals surface area contributed by atoms with Gasteiger partial charge in [-0.2, -0.15) is 0 Å². The van der Waals surface area contributed by atoms with Gasteiger partial charge in [-0.1, -0.05) is 6.92 Å². The molecular formula is C9H21N3O. The maximum absolute atomic E-state index is 5.58. The molecule has 78 valence electrons. The lowest BCUT2D eigenvalue weighted by molar-refractivity contribution is 0.193. The second-order valence-corrected chi connectivity index (χ2v) is 2.89. The molecule has 0 aliphatic heterocycles. The molecule has 0 aromatic heterocycles. The molecule has 0 heterocycles. The molecule has 0 radical (unpaired) electrons. The molecule has 0 aliphatic rings. The second-order valence-electron chi connectivity index (χ2n) is 2.89. The Morgan fingerprint density at radius 2 is 2.23 bits per heavy atom. The Labute approximate surface area is 80.6 Å². The Bertz CT molecular complexity index is 137. The van der Waals surface area contributed by atoms with Crippen molar-refractivity contribution in [1.82, 2.24) is 5.32 Å². The van der Waals surface area contributed by atoms with Crippen LogP contribution in [0, 0.1) is 0 Å². The summed E-state index contributed by atoms with van der Waals surface area (Å²) in [7, 11) is 1.71.